The van der Waals surface area contributed by atoms with Gasteiger partial charge in [-0.2, -0.15) is 13.2 Å². The van der Waals surface area contributed by atoms with Gasteiger partial charge < -0.3 is 10.2 Å². The molecule has 0 saturated heterocycles. The van der Waals surface area contributed by atoms with Gasteiger partial charge in [-0.1, -0.05) is 19.1 Å². The van der Waals surface area contributed by atoms with Gasteiger partial charge in [0.25, 0.3) is 0 Å². The van der Waals surface area contributed by atoms with E-state index in [0.717, 1.165) is 19.0 Å². The van der Waals surface area contributed by atoms with E-state index in [2.05, 4.69) is 22.1 Å². The molecule has 1 unspecified atom stereocenters. The number of amidine groups is 1. The number of halogens is 3. The number of benzene rings is 1. The average molecular weight is 311 g/mol. The van der Waals surface area contributed by atoms with Crippen molar-refractivity contribution in [3.05, 3.63) is 47.7 Å². The molecule has 0 amide bonds. The van der Waals surface area contributed by atoms with Crippen LogP contribution in [0.2, 0.25) is 0 Å². The normalized spacial score (nSPS) is 16.4. The Morgan fingerprint density at radius 2 is 2.14 bits per heavy atom. The van der Waals surface area contributed by atoms with Gasteiger partial charge in [0, 0.05) is 18.8 Å². The quantitative estimate of drug-likeness (QED) is 0.911. The van der Waals surface area contributed by atoms with Crippen molar-refractivity contribution in [1.29, 1.82) is 0 Å². The van der Waals surface area contributed by atoms with Crippen LogP contribution in [0.5, 0.6) is 0 Å². The molecule has 22 heavy (non-hydrogen) atoms. The van der Waals surface area contributed by atoms with E-state index in [1.165, 1.54) is 12.1 Å². The van der Waals surface area contributed by atoms with Crippen LogP contribution in [-0.2, 0) is 6.18 Å². The molecule has 1 atom stereocenters. The van der Waals surface area contributed by atoms with Crippen molar-refractivity contribution in [2.75, 3.05) is 13.2 Å². The number of nitrogens with one attached hydrogen (secondary N) is 1. The van der Waals surface area contributed by atoms with Crippen LogP contribution in [0.15, 0.2) is 41.5 Å². The van der Waals surface area contributed by atoms with Crippen LogP contribution >= 0.6 is 0 Å². The Hall–Kier alpha value is -1.98. The summed E-state index contributed by atoms with van der Waals surface area (Å²) in [6.45, 7) is 5.43. The maximum Gasteiger partial charge on any atom is 0.416 e. The van der Waals surface area contributed by atoms with Gasteiger partial charge in [-0.05, 0) is 37.1 Å². The number of alkyl halides is 3. The first-order valence-electron chi connectivity index (χ1n) is 7.30. The van der Waals surface area contributed by atoms with Crippen LogP contribution in [0.25, 0.3) is 0 Å². The predicted molar refractivity (Wildman–Crippen MR) is 81.4 cm³/mol. The summed E-state index contributed by atoms with van der Waals surface area (Å²) in [6.07, 6.45) is 0.531. The summed E-state index contributed by atoms with van der Waals surface area (Å²) in [4.78, 5) is 6.47. The third-order valence-corrected chi connectivity index (χ3v) is 3.46. The molecule has 1 aliphatic rings. The lowest BCUT2D eigenvalue weighted by Crippen LogP contribution is -2.31. The maximum absolute atomic E-state index is 12.7. The highest BCUT2D eigenvalue weighted by Gasteiger charge is 2.30. The minimum atomic E-state index is -4.32. The molecule has 1 aromatic carbocycles. The molecule has 1 heterocycles. The third-order valence-electron chi connectivity index (χ3n) is 3.46. The zero-order valence-electron chi connectivity index (χ0n) is 12.7. The molecule has 2 rings (SSSR count). The number of hydrogen-bond donors (Lipinski definition) is 1. The monoisotopic (exact) mass is 311 g/mol. The summed E-state index contributed by atoms with van der Waals surface area (Å²) in [5, 5.41) is 3.15. The molecular weight excluding hydrogens is 291 g/mol. The molecule has 6 heteroatoms. The first-order chi connectivity index (χ1) is 10.4. The Bertz CT molecular complexity index is 564. The van der Waals surface area contributed by atoms with E-state index < -0.39 is 11.7 Å². The van der Waals surface area contributed by atoms with Gasteiger partial charge >= 0.3 is 6.18 Å². The minimum absolute atomic E-state index is 0.247. The fourth-order valence-corrected chi connectivity index (χ4v) is 2.26. The second-order valence-corrected chi connectivity index (χ2v) is 5.30. The Kier molecular flexibility index (Phi) is 5.11. The van der Waals surface area contributed by atoms with Crippen molar-refractivity contribution in [2.45, 2.75) is 32.5 Å². The molecule has 0 fully saturated rings. The Labute approximate surface area is 128 Å². The molecule has 0 aliphatic carbocycles. The summed E-state index contributed by atoms with van der Waals surface area (Å²) >= 11 is 0. The van der Waals surface area contributed by atoms with E-state index in [9.17, 15) is 13.2 Å². The van der Waals surface area contributed by atoms with Gasteiger partial charge in [-0.3, -0.25) is 0 Å². The molecule has 120 valence electrons. The van der Waals surface area contributed by atoms with Crippen molar-refractivity contribution in [3.63, 3.8) is 0 Å². The molecule has 0 spiro atoms. The van der Waals surface area contributed by atoms with Gasteiger partial charge in [0.2, 0.25) is 0 Å². The van der Waals surface area contributed by atoms with E-state index in [0.29, 0.717) is 18.1 Å². The lowest BCUT2D eigenvalue weighted by molar-refractivity contribution is -0.137. The van der Waals surface area contributed by atoms with E-state index in [1.807, 2.05) is 19.2 Å². The zero-order chi connectivity index (χ0) is 16.2. The number of rotatable bonds is 4. The van der Waals surface area contributed by atoms with E-state index >= 15 is 0 Å². The van der Waals surface area contributed by atoms with Gasteiger partial charge in [0.15, 0.2) is 0 Å². The van der Waals surface area contributed by atoms with Gasteiger partial charge in [0.05, 0.1) is 5.56 Å². The fraction of sp³-hybridized carbons (Fsp3) is 0.438. The van der Waals surface area contributed by atoms with Crippen LogP contribution < -0.4 is 5.32 Å². The molecule has 1 N–H and O–H groups in total. The van der Waals surface area contributed by atoms with Crippen LogP contribution in [0.1, 0.15) is 37.4 Å². The highest BCUT2D eigenvalue weighted by atomic mass is 19.4. The Balaban J connectivity index is 2.02. The van der Waals surface area contributed by atoms with Crippen molar-refractivity contribution in [3.8, 4) is 0 Å². The Morgan fingerprint density at radius 3 is 2.73 bits per heavy atom. The number of aliphatic imine (C=N–C) groups is 1. The molecular formula is C16H20F3N3. The second kappa shape index (κ2) is 6.85. The van der Waals surface area contributed by atoms with Crippen LogP contribution in [0, 0.1) is 0 Å². The standard InChI is InChI=1S/C16H20F3N3/c1-3-8-22-9-7-15(20-11-22)21-12(2)13-5-4-6-14(10-13)16(17,18)19/h4-7,9-10,12H,3,8,11H2,1-2H3,(H,20,21). The van der Waals surface area contributed by atoms with Crippen molar-refractivity contribution in [2.24, 2.45) is 4.99 Å². The van der Waals surface area contributed by atoms with E-state index in [-0.39, 0.29) is 6.04 Å². The summed E-state index contributed by atoms with van der Waals surface area (Å²) in [7, 11) is 0. The van der Waals surface area contributed by atoms with Gasteiger partial charge in [-0.25, -0.2) is 4.99 Å². The molecule has 1 aromatic rings. The SMILES string of the molecule is CCCN1C=CC(NC(C)c2cccc(C(F)(F)F)c2)=NC1. The average Bonchev–Trinajstić information content (AvgIpc) is 2.49. The van der Waals surface area contributed by atoms with Gasteiger partial charge in [-0.15, -0.1) is 0 Å². The summed E-state index contributed by atoms with van der Waals surface area (Å²) in [5.74, 6) is 0.692. The first kappa shape index (κ1) is 16.4. The summed E-state index contributed by atoms with van der Waals surface area (Å²) < 4.78 is 38.2. The van der Waals surface area contributed by atoms with E-state index in [1.54, 1.807) is 6.07 Å². The van der Waals surface area contributed by atoms with Crippen molar-refractivity contribution in [1.82, 2.24) is 10.2 Å². The van der Waals surface area contributed by atoms with Crippen LogP contribution in [-0.4, -0.2) is 23.9 Å². The summed E-state index contributed by atoms with van der Waals surface area (Å²) in [6, 6.07) is 5.12. The minimum Gasteiger partial charge on any atom is -0.364 e. The lowest BCUT2D eigenvalue weighted by Gasteiger charge is -2.23. The highest BCUT2D eigenvalue weighted by molar-refractivity contribution is 5.93. The zero-order valence-corrected chi connectivity index (χ0v) is 12.7. The molecule has 0 aromatic heterocycles. The fourth-order valence-electron chi connectivity index (χ4n) is 2.26. The Morgan fingerprint density at radius 1 is 1.36 bits per heavy atom. The molecule has 1 aliphatic heterocycles. The molecule has 0 bridgehead atoms. The first-order valence-corrected chi connectivity index (χ1v) is 7.30. The molecule has 0 radical (unpaired) electrons. The molecule has 3 nitrogen and oxygen atoms in total. The second-order valence-electron chi connectivity index (χ2n) is 5.30. The van der Waals surface area contributed by atoms with Crippen molar-refractivity contribution >= 4 is 5.84 Å². The topological polar surface area (TPSA) is 27.6 Å². The van der Waals surface area contributed by atoms with Crippen LogP contribution in [0.4, 0.5) is 13.2 Å². The smallest absolute Gasteiger partial charge is 0.364 e. The largest absolute Gasteiger partial charge is 0.416 e. The van der Waals surface area contributed by atoms with Crippen LogP contribution in [0.3, 0.4) is 0 Å². The number of hydrogen-bond acceptors (Lipinski definition) is 3. The molecule has 0 saturated carbocycles. The number of nitrogens with zero attached hydrogens (tertiary/aromatic N) is 2. The van der Waals surface area contributed by atoms with E-state index in [4.69, 9.17) is 0 Å². The van der Waals surface area contributed by atoms with Crippen molar-refractivity contribution < 1.29 is 13.2 Å². The van der Waals surface area contributed by atoms with Gasteiger partial charge in [0.1, 0.15) is 12.5 Å². The third kappa shape index (κ3) is 4.26. The maximum atomic E-state index is 12.7. The predicted octanol–water partition coefficient (Wildman–Crippen LogP) is 3.95. The highest BCUT2D eigenvalue weighted by Crippen LogP contribution is 2.30. The summed E-state index contributed by atoms with van der Waals surface area (Å²) in [5.41, 5.74) is -0.0455. The lowest BCUT2D eigenvalue weighted by atomic mass is 10.0.